The topological polar surface area (TPSA) is 98.5 Å². The van der Waals surface area contributed by atoms with Crippen LogP contribution in [0.4, 0.5) is 11.4 Å². The molecule has 0 saturated carbocycles. The molecule has 2 aromatic carbocycles. The summed E-state index contributed by atoms with van der Waals surface area (Å²) >= 11 is 0. The Balaban J connectivity index is 2.35. The second-order valence-corrected chi connectivity index (χ2v) is 7.91. The third kappa shape index (κ3) is 4.48. The molecule has 2 rings (SSSR count). The number of carbonyl (C=O) groups excluding carboxylic acids is 1. The van der Waals surface area contributed by atoms with Gasteiger partial charge in [0.2, 0.25) is 0 Å². The van der Waals surface area contributed by atoms with Crippen molar-refractivity contribution in [3.8, 4) is 0 Å². The molecule has 0 bridgehead atoms. The summed E-state index contributed by atoms with van der Waals surface area (Å²) in [7, 11) is -3.87. The molecule has 2 aromatic rings. The van der Waals surface area contributed by atoms with Gasteiger partial charge in [0.1, 0.15) is 5.60 Å². The number of rotatable bonds is 4. The van der Waals surface area contributed by atoms with Gasteiger partial charge in [0.25, 0.3) is 10.0 Å². The van der Waals surface area contributed by atoms with Gasteiger partial charge in [0.05, 0.1) is 16.1 Å². The number of nitrogens with two attached hydrogens (primary N) is 1. The largest absolute Gasteiger partial charge is 0.456 e. The number of anilines is 2. The van der Waals surface area contributed by atoms with Crippen molar-refractivity contribution in [2.24, 2.45) is 0 Å². The van der Waals surface area contributed by atoms with E-state index in [9.17, 15) is 13.2 Å². The molecule has 0 radical (unpaired) electrons. The predicted molar refractivity (Wildman–Crippen MR) is 93.3 cm³/mol. The molecule has 0 aliphatic heterocycles. The van der Waals surface area contributed by atoms with E-state index in [4.69, 9.17) is 10.5 Å². The molecule has 0 spiro atoms. The minimum Gasteiger partial charge on any atom is -0.456 e. The smallest absolute Gasteiger partial charge is 0.340 e. The molecule has 0 atom stereocenters. The van der Waals surface area contributed by atoms with Crippen LogP contribution in [0.3, 0.4) is 0 Å². The van der Waals surface area contributed by atoms with Crippen molar-refractivity contribution in [3.05, 3.63) is 54.1 Å². The van der Waals surface area contributed by atoms with E-state index < -0.39 is 21.6 Å². The number of sulfonamides is 1. The highest BCUT2D eigenvalue weighted by molar-refractivity contribution is 7.92. The first-order chi connectivity index (χ1) is 11.1. The number of nitrogen functional groups attached to an aromatic ring is 1. The van der Waals surface area contributed by atoms with Crippen LogP contribution >= 0.6 is 0 Å². The molecule has 0 saturated heterocycles. The van der Waals surface area contributed by atoms with E-state index in [-0.39, 0.29) is 16.1 Å². The van der Waals surface area contributed by atoms with E-state index in [0.717, 1.165) is 0 Å². The number of benzene rings is 2. The van der Waals surface area contributed by atoms with Gasteiger partial charge in [-0.1, -0.05) is 18.2 Å². The molecule has 7 heteroatoms. The number of nitrogens with one attached hydrogen (secondary N) is 1. The zero-order valence-corrected chi connectivity index (χ0v) is 14.6. The Morgan fingerprint density at radius 1 is 1.08 bits per heavy atom. The van der Waals surface area contributed by atoms with Crippen molar-refractivity contribution in [2.45, 2.75) is 31.3 Å². The molecule has 0 aromatic heterocycles. The van der Waals surface area contributed by atoms with Crippen molar-refractivity contribution in [1.82, 2.24) is 0 Å². The molecule has 3 N–H and O–H groups in total. The van der Waals surface area contributed by atoms with Gasteiger partial charge in [-0.25, -0.2) is 13.2 Å². The van der Waals surface area contributed by atoms with Crippen LogP contribution in [0.15, 0.2) is 53.4 Å². The van der Waals surface area contributed by atoms with Crippen molar-refractivity contribution >= 4 is 27.4 Å². The lowest BCUT2D eigenvalue weighted by atomic mass is 10.1. The molecule has 0 unspecified atom stereocenters. The quantitative estimate of drug-likeness (QED) is 0.654. The summed E-state index contributed by atoms with van der Waals surface area (Å²) in [6.07, 6.45) is 0. The molecule has 0 fully saturated rings. The Bertz CT molecular complexity index is 855. The van der Waals surface area contributed by atoms with Gasteiger partial charge in [-0.05, 0) is 51.1 Å². The zero-order valence-electron chi connectivity index (χ0n) is 13.7. The van der Waals surface area contributed by atoms with Crippen molar-refractivity contribution in [1.29, 1.82) is 0 Å². The average molecular weight is 348 g/mol. The lowest BCUT2D eigenvalue weighted by molar-refractivity contribution is 0.00708. The van der Waals surface area contributed by atoms with Gasteiger partial charge >= 0.3 is 5.97 Å². The van der Waals surface area contributed by atoms with Crippen LogP contribution in [0.2, 0.25) is 0 Å². The number of carbonyl (C=O) groups is 1. The number of ether oxygens (including phenoxy) is 1. The van der Waals surface area contributed by atoms with Crippen LogP contribution in [0, 0.1) is 0 Å². The Kier molecular flexibility index (Phi) is 4.84. The van der Waals surface area contributed by atoms with Crippen LogP contribution in [0.5, 0.6) is 0 Å². The lowest BCUT2D eigenvalue weighted by Crippen LogP contribution is -2.25. The molecule has 0 amide bonds. The number of para-hydroxylation sites is 1. The van der Waals surface area contributed by atoms with E-state index in [0.29, 0.717) is 5.69 Å². The van der Waals surface area contributed by atoms with E-state index in [1.54, 1.807) is 45.0 Å². The summed E-state index contributed by atoms with van der Waals surface area (Å²) in [4.78, 5) is 12.3. The minimum absolute atomic E-state index is 0.0153. The molecule has 24 heavy (non-hydrogen) atoms. The van der Waals surface area contributed by atoms with Gasteiger partial charge in [-0.15, -0.1) is 0 Å². The highest BCUT2D eigenvalue weighted by Crippen LogP contribution is 2.23. The number of esters is 1. The summed E-state index contributed by atoms with van der Waals surface area (Å²) in [6.45, 7) is 5.22. The molecule has 0 aliphatic carbocycles. The molecule has 0 heterocycles. The minimum atomic E-state index is -3.87. The monoisotopic (exact) mass is 348 g/mol. The fraction of sp³-hybridized carbons (Fsp3) is 0.235. The first-order valence-electron chi connectivity index (χ1n) is 7.29. The van der Waals surface area contributed by atoms with Crippen LogP contribution in [0.1, 0.15) is 31.1 Å². The number of hydrogen-bond donors (Lipinski definition) is 2. The summed E-state index contributed by atoms with van der Waals surface area (Å²) in [6, 6.07) is 12.2. The van der Waals surface area contributed by atoms with Crippen LogP contribution < -0.4 is 10.5 Å². The SMILES string of the molecule is CC(C)(C)OC(=O)c1ccccc1NS(=O)(=O)c1cccc(N)c1. The second-order valence-electron chi connectivity index (χ2n) is 6.23. The van der Waals surface area contributed by atoms with Crippen LogP contribution in [-0.2, 0) is 14.8 Å². The predicted octanol–water partition coefficient (Wildman–Crippen LogP) is 3.02. The molecular formula is C17H20N2O4S. The average Bonchev–Trinajstić information content (AvgIpc) is 2.45. The van der Waals surface area contributed by atoms with Gasteiger partial charge in [-0.3, -0.25) is 4.72 Å². The summed E-state index contributed by atoms with van der Waals surface area (Å²) in [5.74, 6) is -0.603. The van der Waals surface area contributed by atoms with Crippen molar-refractivity contribution in [3.63, 3.8) is 0 Å². The first-order valence-corrected chi connectivity index (χ1v) is 8.77. The highest BCUT2D eigenvalue weighted by Gasteiger charge is 2.23. The maximum absolute atomic E-state index is 12.5. The molecular weight excluding hydrogens is 328 g/mol. The van der Waals surface area contributed by atoms with E-state index in [1.165, 1.54) is 24.3 Å². The maximum Gasteiger partial charge on any atom is 0.340 e. The summed E-state index contributed by atoms with van der Waals surface area (Å²) in [5, 5.41) is 0. The third-order valence-electron chi connectivity index (χ3n) is 2.96. The highest BCUT2D eigenvalue weighted by atomic mass is 32.2. The normalized spacial score (nSPS) is 11.8. The van der Waals surface area contributed by atoms with Crippen molar-refractivity contribution in [2.75, 3.05) is 10.5 Å². The number of hydrogen-bond acceptors (Lipinski definition) is 5. The summed E-state index contributed by atoms with van der Waals surface area (Å²) < 4.78 is 32.7. The Hall–Kier alpha value is -2.54. The van der Waals surface area contributed by atoms with Gasteiger partial charge in [0, 0.05) is 5.69 Å². The Labute approximate surface area is 141 Å². The third-order valence-corrected chi connectivity index (χ3v) is 4.32. The summed E-state index contributed by atoms with van der Waals surface area (Å²) in [5.41, 5.74) is 5.56. The van der Waals surface area contributed by atoms with Gasteiger partial charge in [0.15, 0.2) is 0 Å². The van der Waals surface area contributed by atoms with E-state index in [2.05, 4.69) is 4.72 Å². The lowest BCUT2D eigenvalue weighted by Gasteiger charge is -2.20. The van der Waals surface area contributed by atoms with Gasteiger partial charge < -0.3 is 10.5 Å². The Morgan fingerprint density at radius 3 is 2.38 bits per heavy atom. The molecule has 6 nitrogen and oxygen atoms in total. The molecule has 0 aliphatic rings. The zero-order chi connectivity index (χ0) is 18.0. The first kappa shape index (κ1) is 17.8. The second kappa shape index (κ2) is 6.52. The van der Waals surface area contributed by atoms with E-state index in [1.807, 2.05) is 0 Å². The maximum atomic E-state index is 12.5. The Morgan fingerprint density at radius 2 is 1.75 bits per heavy atom. The van der Waals surface area contributed by atoms with Crippen molar-refractivity contribution < 1.29 is 17.9 Å². The fourth-order valence-electron chi connectivity index (χ4n) is 1.97. The molecule has 128 valence electrons. The van der Waals surface area contributed by atoms with Crippen LogP contribution in [0.25, 0.3) is 0 Å². The fourth-order valence-corrected chi connectivity index (χ4v) is 3.10. The van der Waals surface area contributed by atoms with Gasteiger partial charge in [-0.2, -0.15) is 0 Å². The standard InChI is InChI=1S/C17H20N2O4S/c1-17(2,3)23-16(20)14-9-4-5-10-15(14)19-24(21,22)13-8-6-7-12(18)11-13/h4-11,19H,18H2,1-3H3. The van der Waals surface area contributed by atoms with E-state index >= 15 is 0 Å². The van der Waals surface area contributed by atoms with Crippen LogP contribution in [-0.4, -0.2) is 20.0 Å².